The van der Waals surface area contributed by atoms with Crippen LogP contribution in [0.3, 0.4) is 0 Å². The molecular weight excluding hydrogens is 194 g/mol. The quantitative estimate of drug-likeness (QED) is 0.766. The first-order valence-corrected chi connectivity index (χ1v) is 7.31. The molecule has 1 aliphatic carbocycles. The van der Waals surface area contributed by atoms with Gasteiger partial charge in [0.25, 0.3) is 0 Å². The third-order valence-electron chi connectivity index (χ3n) is 3.07. The maximum absolute atomic E-state index is 11.7. The van der Waals surface area contributed by atoms with E-state index in [1.807, 2.05) is 0 Å². The van der Waals surface area contributed by atoms with Crippen LogP contribution in [0.25, 0.3) is 0 Å². The molecule has 84 valence electrons. The second-order valence-corrected chi connectivity index (χ2v) is 5.99. The number of hydrogen-bond donors (Lipinski definition) is 1. The normalized spacial score (nSPS) is 23.3. The fourth-order valence-corrected chi connectivity index (χ4v) is 3.75. The Kier molecular flexibility index (Phi) is 5.71. The molecule has 0 bridgehead atoms. The fourth-order valence-electron chi connectivity index (χ4n) is 2.04. The van der Waals surface area contributed by atoms with Crippen LogP contribution in [0, 0.1) is 5.92 Å². The zero-order valence-corrected chi connectivity index (χ0v) is 10.0. The van der Waals surface area contributed by atoms with Crippen LogP contribution in [0.4, 0.5) is 0 Å². The van der Waals surface area contributed by atoms with Crippen LogP contribution in [0.2, 0.25) is 0 Å². The summed E-state index contributed by atoms with van der Waals surface area (Å²) in [7, 11) is -0.673. The highest BCUT2D eigenvalue weighted by Crippen LogP contribution is 2.24. The molecule has 0 aliphatic heterocycles. The van der Waals surface area contributed by atoms with E-state index in [0.717, 1.165) is 12.2 Å². The van der Waals surface area contributed by atoms with Gasteiger partial charge in [0.05, 0.1) is 0 Å². The topological polar surface area (TPSA) is 43.1 Å². The minimum atomic E-state index is -0.673. The van der Waals surface area contributed by atoms with Crippen molar-refractivity contribution < 1.29 is 4.21 Å². The summed E-state index contributed by atoms with van der Waals surface area (Å²) in [6.07, 6.45) is 7.55. The van der Waals surface area contributed by atoms with E-state index in [1.54, 1.807) is 0 Å². The fraction of sp³-hybridized carbons (Fsp3) is 1.00. The van der Waals surface area contributed by atoms with E-state index < -0.39 is 10.8 Å². The van der Waals surface area contributed by atoms with Gasteiger partial charge < -0.3 is 5.73 Å². The minimum absolute atomic E-state index is 0.138. The van der Waals surface area contributed by atoms with Gasteiger partial charge >= 0.3 is 0 Å². The molecule has 14 heavy (non-hydrogen) atoms. The van der Waals surface area contributed by atoms with Gasteiger partial charge in [0, 0.05) is 28.3 Å². The molecule has 0 spiro atoms. The Morgan fingerprint density at radius 2 is 2.00 bits per heavy atom. The van der Waals surface area contributed by atoms with Crippen molar-refractivity contribution >= 4 is 10.8 Å². The van der Waals surface area contributed by atoms with E-state index in [9.17, 15) is 4.21 Å². The summed E-state index contributed by atoms with van der Waals surface area (Å²) in [4.78, 5) is 0. The van der Waals surface area contributed by atoms with Gasteiger partial charge in [0.2, 0.25) is 0 Å². The van der Waals surface area contributed by atoms with Crippen LogP contribution < -0.4 is 5.73 Å². The van der Waals surface area contributed by atoms with E-state index in [4.69, 9.17) is 5.73 Å². The van der Waals surface area contributed by atoms with Crippen LogP contribution in [-0.2, 0) is 10.8 Å². The van der Waals surface area contributed by atoms with Gasteiger partial charge in [-0.1, -0.05) is 26.2 Å². The van der Waals surface area contributed by atoms with Crippen molar-refractivity contribution in [1.29, 1.82) is 0 Å². The maximum atomic E-state index is 11.7. The molecule has 0 aromatic heterocycles. The highest BCUT2D eigenvalue weighted by atomic mass is 32.2. The molecule has 1 saturated carbocycles. The molecule has 2 N–H and O–H groups in total. The first-order chi connectivity index (χ1) is 6.72. The van der Waals surface area contributed by atoms with Crippen molar-refractivity contribution in [3.63, 3.8) is 0 Å². The molecule has 3 heteroatoms. The Hall–Kier alpha value is 0.110. The Morgan fingerprint density at radius 3 is 2.57 bits per heavy atom. The van der Waals surface area contributed by atoms with Crippen LogP contribution in [0.5, 0.6) is 0 Å². The van der Waals surface area contributed by atoms with Crippen molar-refractivity contribution in [1.82, 2.24) is 0 Å². The van der Waals surface area contributed by atoms with Gasteiger partial charge in [-0.05, 0) is 25.2 Å². The summed E-state index contributed by atoms with van der Waals surface area (Å²) < 4.78 is 11.7. The van der Waals surface area contributed by atoms with Gasteiger partial charge in [-0.2, -0.15) is 0 Å². The summed E-state index contributed by atoms with van der Waals surface area (Å²) in [5.74, 6) is 2.31. The lowest BCUT2D eigenvalue weighted by atomic mass is 9.91. The molecule has 0 aromatic rings. The summed E-state index contributed by atoms with van der Waals surface area (Å²) in [6, 6.07) is 0.138. The lowest BCUT2D eigenvalue weighted by molar-refractivity contribution is 0.388. The van der Waals surface area contributed by atoms with Crippen molar-refractivity contribution in [2.45, 2.75) is 51.5 Å². The molecule has 1 fully saturated rings. The molecule has 0 aromatic carbocycles. The molecule has 1 aliphatic rings. The number of nitrogens with two attached hydrogens (primary N) is 1. The van der Waals surface area contributed by atoms with Gasteiger partial charge in [0.15, 0.2) is 0 Å². The minimum Gasteiger partial charge on any atom is -0.327 e. The average Bonchev–Trinajstić information content (AvgIpc) is 2.19. The molecule has 0 saturated heterocycles. The monoisotopic (exact) mass is 217 g/mol. The van der Waals surface area contributed by atoms with Crippen molar-refractivity contribution in [2.75, 3.05) is 11.5 Å². The van der Waals surface area contributed by atoms with Gasteiger partial charge in [-0.15, -0.1) is 0 Å². The van der Waals surface area contributed by atoms with E-state index in [-0.39, 0.29) is 6.04 Å². The van der Waals surface area contributed by atoms with Crippen LogP contribution in [0.15, 0.2) is 0 Å². The lowest BCUT2D eigenvalue weighted by Crippen LogP contribution is -2.28. The number of hydrogen-bond acceptors (Lipinski definition) is 2. The summed E-state index contributed by atoms with van der Waals surface area (Å²) >= 11 is 0. The Labute approximate surface area is 90.1 Å². The molecule has 2 nitrogen and oxygen atoms in total. The van der Waals surface area contributed by atoms with Gasteiger partial charge in [0.1, 0.15) is 0 Å². The first kappa shape index (κ1) is 12.2. The SMILES string of the molecule is CCC(N)CS(=O)CC1CCCCC1. The van der Waals surface area contributed by atoms with Gasteiger partial charge in [-0.3, -0.25) is 4.21 Å². The summed E-state index contributed by atoms with van der Waals surface area (Å²) in [6.45, 7) is 2.06. The smallest absolute Gasteiger partial charge is 0.0386 e. The third kappa shape index (κ3) is 4.56. The Morgan fingerprint density at radius 1 is 1.36 bits per heavy atom. The predicted molar refractivity (Wildman–Crippen MR) is 62.7 cm³/mol. The van der Waals surface area contributed by atoms with Crippen molar-refractivity contribution in [3.8, 4) is 0 Å². The maximum Gasteiger partial charge on any atom is 0.0386 e. The van der Waals surface area contributed by atoms with E-state index in [1.165, 1.54) is 32.1 Å². The molecular formula is C11H23NOS. The molecule has 2 atom stereocenters. The van der Waals surface area contributed by atoms with Gasteiger partial charge in [-0.25, -0.2) is 0 Å². The van der Waals surface area contributed by atoms with Crippen LogP contribution in [-0.4, -0.2) is 21.8 Å². The first-order valence-electron chi connectivity index (χ1n) is 5.83. The highest BCUT2D eigenvalue weighted by Gasteiger charge is 2.17. The van der Waals surface area contributed by atoms with Crippen LogP contribution >= 0.6 is 0 Å². The van der Waals surface area contributed by atoms with Crippen molar-refractivity contribution in [2.24, 2.45) is 11.7 Å². The Balaban J connectivity index is 2.18. The van der Waals surface area contributed by atoms with Crippen LogP contribution in [0.1, 0.15) is 45.4 Å². The van der Waals surface area contributed by atoms with E-state index in [0.29, 0.717) is 11.7 Å². The highest BCUT2D eigenvalue weighted by molar-refractivity contribution is 7.85. The zero-order valence-electron chi connectivity index (χ0n) is 9.21. The summed E-state index contributed by atoms with van der Waals surface area (Å²) in [5, 5.41) is 0. The van der Waals surface area contributed by atoms with E-state index in [2.05, 4.69) is 6.92 Å². The predicted octanol–water partition coefficient (Wildman–Crippen LogP) is 2.05. The molecule has 1 rings (SSSR count). The standard InChI is InChI=1S/C11H23NOS/c1-2-11(12)9-14(13)8-10-6-4-3-5-7-10/h10-11H,2-9,12H2,1H3. The molecule has 0 amide bonds. The zero-order chi connectivity index (χ0) is 10.4. The Bertz CT molecular complexity index is 178. The van der Waals surface area contributed by atoms with Crippen molar-refractivity contribution in [3.05, 3.63) is 0 Å². The second kappa shape index (κ2) is 6.57. The average molecular weight is 217 g/mol. The molecule has 0 radical (unpaired) electrons. The number of rotatable bonds is 5. The summed E-state index contributed by atoms with van der Waals surface area (Å²) in [5.41, 5.74) is 5.79. The molecule has 2 unspecified atom stereocenters. The molecule has 0 heterocycles. The third-order valence-corrected chi connectivity index (χ3v) is 4.71. The lowest BCUT2D eigenvalue weighted by Gasteiger charge is -2.21. The second-order valence-electron chi connectivity index (χ2n) is 4.45. The largest absolute Gasteiger partial charge is 0.327 e. The van der Waals surface area contributed by atoms with E-state index >= 15 is 0 Å².